The molecule has 2 atom stereocenters. The van der Waals surface area contributed by atoms with Crippen LogP contribution in [0.15, 0.2) is 24.4 Å². The summed E-state index contributed by atoms with van der Waals surface area (Å²) in [5.41, 5.74) is 0.927. The molecule has 4 heteroatoms. The minimum absolute atomic E-state index is 0.443. The molecule has 0 unspecified atom stereocenters. The van der Waals surface area contributed by atoms with Crippen molar-refractivity contribution in [2.24, 2.45) is 0 Å². The van der Waals surface area contributed by atoms with Crippen LogP contribution in [-0.2, 0) is 16.6 Å². The largest absolute Gasteiger partial charge is 0.313 e. The van der Waals surface area contributed by atoms with Crippen LogP contribution < -0.4 is 5.32 Å². The van der Waals surface area contributed by atoms with E-state index >= 15 is 0 Å². The van der Waals surface area contributed by atoms with Crippen molar-refractivity contribution in [2.45, 2.75) is 31.1 Å². The summed E-state index contributed by atoms with van der Waals surface area (Å²) >= 11 is 0. The Morgan fingerprint density at radius 3 is 3.06 bits per heavy atom. The normalized spacial score (nSPS) is 22.9. The molecular formula is C12H18N2OS. The molecule has 1 aliphatic rings. The van der Waals surface area contributed by atoms with Crippen LogP contribution >= 0.6 is 0 Å². The monoisotopic (exact) mass is 238 g/mol. The van der Waals surface area contributed by atoms with Gasteiger partial charge in [-0.05, 0) is 31.5 Å². The molecule has 1 aromatic rings. The fourth-order valence-electron chi connectivity index (χ4n) is 2.00. The van der Waals surface area contributed by atoms with E-state index in [1.807, 2.05) is 18.2 Å². The molecule has 2 rings (SSSR count). The van der Waals surface area contributed by atoms with E-state index in [1.54, 1.807) is 6.20 Å². The summed E-state index contributed by atoms with van der Waals surface area (Å²) in [6.45, 7) is 1.07. The molecule has 2 heterocycles. The summed E-state index contributed by atoms with van der Waals surface area (Å²) in [6, 6.07) is 6.21. The first-order valence-electron chi connectivity index (χ1n) is 5.83. The minimum atomic E-state index is -0.794. The Labute approximate surface area is 99.1 Å². The highest BCUT2D eigenvalue weighted by molar-refractivity contribution is 7.84. The van der Waals surface area contributed by atoms with Gasteiger partial charge in [-0.3, -0.25) is 9.19 Å². The average Bonchev–Trinajstić information content (AvgIpc) is 2.31. The van der Waals surface area contributed by atoms with Gasteiger partial charge in [-0.15, -0.1) is 0 Å². The molecule has 88 valence electrons. The molecule has 0 radical (unpaired) electrons. The lowest BCUT2D eigenvalue weighted by Gasteiger charge is -2.22. The van der Waals surface area contributed by atoms with Crippen molar-refractivity contribution in [1.82, 2.24) is 10.3 Å². The summed E-state index contributed by atoms with van der Waals surface area (Å²) in [5.74, 6) is 1.34. The van der Waals surface area contributed by atoms with Gasteiger partial charge in [-0.25, -0.2) is 0 Å². The Kier molecular flexibility index (Phi) is 4.48. The topological polar surface area (TPSA) is 42.0 Å². The van der Waals surface area contributed by atoms with Gasteiger partial charge in [0.25, 0.3) is 0 Å². The van der Waals surface area contributed by atoms with Crippen molar-refractivity contribution in [3.8, 4) is 0 Å². The summed E-state index contributed by atoms with van der Waals surface area (Å²) < 4.78 is 11.9. The second kappa shape index (κ2) is 6.11. The molecule has 0 aromatic carbocycles. The number of rotatable bonds is 4. The van der Waals surface area contributed by atoms with Crippen LogP contribution in [0.3, 0.4) is 0 Å². The zero-order valence-electron chi connectivity index (χ0n) is 9.39. The maximum atomic E-state index is 11.9. The van der Waals surface area contributed by atoms with Gasteiger partial charge < -0.3 is 5.32 Å². The van der Waals surface area contributed by atoms with Crippen LogP contribution in [0.1, 0.15) is 25.0 Å². The number of nitrogens with zero attached hydrogens (tertiary/aromatic N) is 1. The lowest BCUT2D eigenvalue weighted by Crippen LogP contribution is -2.38. The predicted molar refractivity (Wildman–Crippen MR) is 66.6 cm³/mol. The van der Waals surface area contributed by atoms with Gasteiger partial charge in [0, 0.05) is 28.8 Å². The number of hydrogen-bond donors (Lipinski definition) is 1. The fraction of sp³-hybridized carbons (Fsp3) is 0.583. The second-order valence-corrected chi connectivity index (χ2v) is 5.72. The molecule has 1 N–H and O–H groups in total. The molecule has 16 heavy (non-hydrogen) atoms. The number of piperidine rings is 1. The van der Waals surface area contributed by atoms with Crippen molar-refractivity contribution in [1.29, 1.82) is 0 Å². The Hall–Kier alpha value is -0.740. The maximum absolute atomic E-state index is 11.9. The second-order valence-electron chi connectivity index (χ2n) is 4.22. The van der Waals surface area contributed by atoms with Crippen molar-refractivity contribution in [2.75, 3.05) is 12.3 Å². The van der Waals surface area contributed by atoms with Crippen LogP contribution in [0, 0.1) is 0 Å². The third-order valence-corrected chi connectivity index (χ3v) is 4.23. The van der Waals surface area contributed by atoms with Gasteiger partial charge in [-0.1, -0.05) is 12.5 Å². The lowest BCUT2D eigenvalue weighted by molar-refractivity contribution is 0.427. The summed E-state index contributed by atoms with van der Waals surface area (Å²) in [6.07, 6.45) is 5.43. The van der Waals surface area contributed by atoms with Gasteiger partial charge >= 0.3 is 0 Å². The van der Waals surface area contributed by atoms with Crippen LogP contribution in [-0.4, -0.2) is 27.5 Å². The van der Waals surface area contributed by atoms with Crippen LogP contribution in [0.25, 0.3) is 0 Å². The standard InChI is InChI=1S/C12H18N2OS/c15-16(9-11-5-1-3-7-13-11)10-12-6-2-4-8-14-12/h1,3,5,7,12,14H,2,4,6,8-10H2/t12-,16-/m1/s1. The van der Waals surface area contributed by atoms with Gasteiger partial charge in [0.05, 0.1) is 11.4 Å². The van der Waals surface area contributed by atoms with Gasteiger partial charge in [0.1, 0.15) is 0 Å². The van der Waals surface area contributed by atoms with Crippen molar-refractivity contribution in [3.05, 3.63) is 30.1 Å². The van der Waals surface area contributed by atoms with Gasteiger partial charge in [0.15, 0.2) is 0 Å². The zero-order valence-corrected chi connectivity index (χ0v) is 10.2. The molecule has 1 aliphatic heterocycles. The summed E-state index contributed by atoms with van der Waals surface area (Å²) in [5, 5.41) is 3.42. The highest BCUT2D eigenvalue weighted by Gasteiger charge is 2.15. The Morgan fingerprint density at radius 2 is 2.38 bits per heavy atom. The minimum Gasteiger partial charge on any atom is -0.313 e. The van der Waals surface area contributed by atoms with Crippen molar-refractivity contribution >= 4 is 10.8 Å². The van der Waals surface area contributed by atoms with Crippen LogP contribution in [0.2, 0.25) is 0 Å². The Morgan fingerprint density at radius 1 is 1.44 bits per heavy atom. The SMILES string of the molecule is O=[S@](Cc1ccccn1)C[C@H]1CCCCN1. The highest BCUT2D eigenvalue weighted by Crippen LogP contribution is 2.09. The Bertz CT molecular complexity index is 336. The van der Waals surface area contributed by atoms with E-state index in [9.17, 15) is 4.21 Å². The third kappa shape index (κ3) is 3.68. The van der Waals surface area contributed by atoms with Crippen molar-refractivity contribution < 1.29 is 4.21 Å². The molecule has 0 amide bonds. The molecule has 1 aromatic heterocycles. The van der Waals surface area contributed by atoms with Crippen LogP contribution in [0.4, 0.5) is 0 Å². The smallest absolute Gasteiger partial charge is 0.0659 e. The fourth-order valence-corrected chi connectivity index (χ4v) is 3.35. The van der Waals surface area contributed by atoms with E-state index in [4.69, 9.17) is 0 Å². The number of nitrogens with one attached hydrogen (secondary N) is 1. The summed E-state index contributed by atoms with van der Waals surface area (Å²) in [7, 11) is -0.794. The van der Waals surface area contributed by atoms with Gasteiger partial charge in [0.2, 0.25) is 0 Å². The first-order chi connectivity index (χ1) is 7.84. The first-order valence-corrected chi connectivity index (χ1v) is 7.31. The molecule has 0 aliphatic carbocycles. The Balaban J connectivity index is 1.80. The first kappa shape index (κ1) is 11.7. The van der Waals surface area contributed by atoms with Crippen LogP contribution in [0.5, 0.6) is 0 Å². The number of hydrogen-bond acceptors (Lipinski definition) is 3. The average molecular weight is 238 g/mol. The van der Waals surface area contributed by atoms with E-state index in [0.29, 0.717) is 11.8 Å². The van der Waals surface area contributed by atoms with E-state index in [1.165, 1.54) is 12.8 Å². The third-order valence-electron chi connectivity index (χ3n) is 2.83. The quantitative estimate of drug-likeness (QED) is 0.864. The van der Waals surface area contributed by atoms with E-state index in [2.05, 4.69) is 10.3 Å². The van der Waals surface area contributed by atoms with Crippen molar-refractivity contribution in [3.63, 3.8) is 0 Å². The molecule has 0 spiro atoms. The maximum Gasteiger partial charge on any atom is 0.0659 e. The zero-order chi connectivity index (χ0) is 11.2. The molecule has 3 nitrogen and oxygen atoms in total. The van der Waals surface area contributed by atoms with E-state index in [-0.39, 0.29) is 0 Å². The van der Waals surface area contributed by atoms with E-state index < -0.39 is 10.8 Å². The molecule has 1 saturated heterocycles. The highest BCUT2D eigenvalue weighted by atomic mass is 32.2. The number of pyridine rings is 1. The van der Waals surface area contributed by atoms with E-state index in [0.717, 1.165) is 24.4 Å². The van der Waals surface area contributed by atoms with Gasteiger partial charge in [-0.2, -0.15) is 0 Å². The molecular weight excluding hydrogens is 220 g/mol. The lowest BCUT2D eigenvalue weighted by atomic mass is 10.1. The molecule has 1 fully saturated rings. The summed E-state index contributed by atoms with van der Waals surface area (Å²) in [4.78, 5) is 4.20. The molecule has 0 saturated carbocycles. The number of aromatic nitrogens is 1. The molecule has 0 bridgehead atoms. The predicted octanol–water partition coefficient (Wildman–Crippen LogP) is 1.47.